The maximum atomic E-state index is 12.3. The molecule has 0 radical (unpaired) electrons. The highest BCUT2D eigenvalue weighted by Crippen LogP contribution is 2.40. The van der Waals surface area contributed by atoms with Gasteiger partial charge in [0.05, 0.1) is 27.4 Å². The van der Waals surface area contributed by atoms with Crippen LogP contribution in [-0.4, -0.2) is 56.5 Å². The van der Waals surface area contributed by atoms with Gasteiger partial charge in [-0.3, -0.25) is 4.79 Å². The summed E-state index contributed by atoms with van der Waals surface area (Å²) in [7, 11) is 4.61. The first-order valence-electron chi connectivity index (χ1n) is 8.94. The SMILES string of the molecule is COc1cc(Nc2nccc(C(=O)NCC3CCCO3)n2)cc(OC)c1OC. The van der Waals surface area contributed by atoms with Gasteiger partial charge in [-0.15, -0.1) is 0 Å². The summed E-state index contributed by atoms with van der Waals surface area (Å²) in [5.41, 5.74) is 0.898. The number of anilines is 2. The van der Waals surface area contributed by atoms with Gasteiger partial charge in [-0.1, -0.05) is 0 Å². The van der Waals surface area contributed by atoms with Crippen LogP contribution in [0.15, 0.2) is 24.4 Å². The van der Waals surface area contributed by atoms with E-state index in [1.54, 1.807) is 18.2 Å². The van der Waals surface area contributed by atoms with Gasteiger partial charge in [-0.05, 0) is 18.9 Å². The molecule has 3 rings (SSSR count). The molecular weight excluding hydrogens is 364 g/mol. The molecule has 2 aromatic rings. The molecule has 9 heteroatoms. The van der Waals surface area contributed by atoms with E-state index in [1.165, 1.54) is 27.5 Å². The summed E-state index contributed by atoms with van der Waals surface area (Å²) in [6.45, 7) is 1.22. The fourth-order valence-electron chi connectivity index (χ4n) is 2.93. The van der Waals surface area contributed by atoms with Crippen LogP contribution in [0.4, 0.5) is 11.6 Å². The third-order valence-corrected chi connectivity index (χ3v) is 4.32. The normalized spacial score (nSPS) is 15.8. The number of benzene rings is 1. The van der Waals surface area contributed by atoms with Crippen molar-refractivity contribution in [3.05, 3.63) is 30.1 Å². The molecule has 1 aromatic carbocycles. The number of amides is 1. The second kappa shape index (κ2) is 9.23. The minimum Gasteiger partial charge on any atom is -0.493 e. The molecule has 150 valence electrons. The van der Waals surface area contributed by atoms with Gasteiger partial charge < -0.3 is 29.6 Å². The van der Waals surface area contributed by atoms with Gasteiger partial charge in [0.1, 0.15) is 5.69 Å². The molecule has 1 unspecified atom stereocenters. The molecule has 0 spiro atoms. The zero-order valence-electron chi connectivity index (χ0n) is 16.2. The predicted molar refractivity (Wildman–Crippen MR) is 103 cm³/mol. The van der Waals surface area contributed by atoms with E-state index < -0.39 is 0 Å². The fourth-order valence-corrected chi connectivity index (χ4v) is 2.93. The van der Waals surface area contributed by atoms with Crippen LogP contribution in [-0.2, 0) is 4.74 Å². The summed E-state index contributed by atoms with van der Waals surface area (Å²) in [6, 6.07) is 5.02. The lowest BCUT2D eigenvalue weighted by Gasteiger charge is -2.15. The molecule has 2 heterocycles. The number of nitrogens with zero attached hydrogens (tertiary/aromatic N) is 2. The van der Waals surface area contributed by atoms with Gasteiger partial charge in [-0.25, -0.2) is 9.97 Å². The van der Waals surface area contributed by atoms with Gasteiger partial charge in [-0.2, -0.15) is 0 Å². The monoisotopic (exact) mass is 388 g/mol. The fraction of sp³-hybridized carbons (Fsp3) is 0.421. The van der Waals surface area contributed by atoms with Crippen molar-refractivity contribution in [2.24, 2.45) is 0 Å². The number of aromatic nitrogens is 2. The lowest BCUT2D eigenvalue weighted by atomic mass is 10.2. The minimum absolute atomic E-state index is 0.0719. The lowest BCUT2D eigenvalue weighted by Crippen LogP contribution is -2.32. The molecule has 0 aliphatic carbocycles. The average Bonchev–Trinajstić information content (AvgIpc) is 3.25. The molecule has 1 aliphatic rings. The van der Waals surface area contributed by atoms with Crippen molar-refractivity contribution in [3.63, 3.8) is 0 Å². The van der Waals surface area contributed by atoms with E-state index in [9.17, 15) is 4.79 Å². The van der Waals surface area contributed by atoms with Crippen molar-refractivity contribution in [3.8, 4) is 17.2 Å². The van der Waals surface area contributed by atoms with E-state index in [4.69, 9.17) is 18.9 Å². The van der Waals surface area contributed by atoms with Crippen LogP contribution in [0.1, 0.15) is 23.3 Å². The van der Waals surface area contributed by atoms with E-state index >= 15 is 0 Å². The maximum Gasteiger partial charge on any atom is 0.270 e. The summed E-state index contributed by atoms with van der Waals surface area (Å²) < 4.78 is 21.5. The Hall–Kier alpha value is -3.07. The largest absolute Gasteiger partial charge is 0.493 e. The van der Waals surface area contributed by atoms with Crippen molar-refractivity contribution < 1.29 is 23.7 Å². The van der Waals surface area contributed by atoms with Gasteiger partial charge >= 0.3 is 0 Å². The number of carbonyl (C=O) groups excluding carboxylic acids is 1. The number of rotatable bonds is 8. The quantitative estimate of drug-likeness (QED) is 0.709. The van der Waals surface area contributed by atoms with Crippen molar-refractivity contribution in [2.75, 3.05) is 39.8 Å². The Bertz CT molecular complexity index is 799. The highest BCUT2D eigenvalue weighted by Gasteiger charge is 2.18. The van der Waals surface area contributed by atoms with Crippen LogP contribution < -0.4 is 24.8 Å². The molecule has 1 saturated heterocycles. The molecule has 0 bridgehead atoms. The topological polar surface area (TPSA) is 104 Å². The summed E-state index contributed by atoms with van der Waals surface area (Å²) in [4.78, 5) is 20.8. The van der Waals surface area contributed by atoms with Crippen LogP contribution in [0.2, 0.25) is 0 Å². The molecule has 1 fully saturated rings. The van der Waals surface area contributed by atoms with E-state index in [-0.39, 0.29) is 23.7 Å². The highest BCUT2D eigenvalue weighted by atomic mass is 16.5. The molecule has 1 aromatic heterocycles. The Balaban J connectivity index is 1.72. The number of hydrogen-bond donors (Lipinski definition) is 2. The van der Waals surface area contributed by atoms with E-state index in [0.717, 1.165) is 19.4 Å². The number of methoxy groups -OCH3 is 3. The Labute approximate surface area is 163 Å². The van der Waals surface area contributed by atoms with Crippen molar-refractivity contribution in [2.45, 2.75) is 18.9 Å². The summed E-state index contributed by atoms with van der Waals surface area (Å²) in [6.07, 6.45) is 3.58. The third-order valence-electron chi connectivity index (χ3n) is 4.32. The first-order chi connectivity index (χ1) is 13.6. The third kappa shape index (κ3) is 4.61. The molecule has 9 nitrogen and oxygen atoms in total. The Morgan fingerprint density at radius 3 is 2.57 bits per heavy atom. The Morgan fingerprint density at radius 2 is 1.96 bits per heavy atom. The van der Waals surface area contributed by atoms with Crippen molar-refractivity contribution in [1.82, 2.24) is 15.3 Å². The van der Waals surface area contributed by atoms with Gasteiger partial charge in [0, 0.05) is 37.2 Å². The van der Waals surface area contributed by atoms with Crippen LogP contribution in [0.5, 0.6) is 17.2 Å². The molecule has 0 saturated carbocycles. The molecular formula is C19H24N4O5. The molecule has 1 aliphatic heterocycles. The summed E-state index contributed by atoms with van der Waals surface area (Å²) >= 11 is 0. The summed E-state index contributed by atoms with van der Waals surface area (Å²) in [5, 5.41) is 5.90. The number of nitrogens with one attached hydrogen (secondary N) is 2. The van der Waals surface area contributed by atoms with Gasteiger partial charge in [0.15, 0.2) is 11.5 Å². The second-order valence-corrected chi connectivity index (χ2v) is 6.15. The lowest BCUT2D eigenvalue weighted by molar-refractivity contribution is 0.0853. The summed E-state index contributed by atoms with van der Waals surface area (Å²) in [5.74, 6) is 1.48. The van der Waals surface area contributed by atoms with Crippen LogP contribution in [0, 0.1) is 0 Å². The van der Waals surface area contributed by atoms with Gasteiger partial charge in [0.25, 0.3) is 5.91 Å². The molecule has 1 amide bonds. The van der Waals surface area contributed by atoms with Gasteiger partial charge in [0.2, 0.25) is 11.7 Å². The van der Waals surface area contributed by atoms with Crippen molar-refractivity contribution in [1.29, 1.82) is 0 Å². The Morgan fingerprint density at radius 1 is 1.21 bits per heavy atom. The molecule has 2 N–H and O–H groups in total. The molecule has 28 heavy (non-hydrogen) atoms. The number of hydrogen-bond acceptors (Lipinski definition) is 8. The first-order valence-corrected chi connectivity index (χ1v) is 8.94. The average molecular weight is 388 g/mol. The number of ether oxygens (including phenoxy) is 4. The Kier molecular flexibility index (Phi) is 6.49. The number of carbonyl (C=O) groups is 1. The van der Waals surface area contributed by atoms with Crippen LogP contribution in [0.25, 0.3) is 0 Å². The zero-order valence-corrected chi connectivity index (χ0v) is 16.2. The zero-order chi connectivity index (χ0) is 19.9. The smallest absolute Gasteiger partial charge is 0.270 e. The first kappa shape index (κ1) is 19.7. The minimum atomic E-state index is -0.272. The van der Waals surface area contributed by atoms with E-state index in [1.807, 2.05) is 0 Å². The van der Waals surface area contributed by atoms with Crippen molar-refractivity contribution >= 4 is 17.5 Å². The van der Waals surface area contributed by atoms with Crippen LogP contribution >= 0.6 is 0 Å². The maximum absolute atomic E-state index is 12.3. The standard InChI is InChI=1S/C19H24N4O5/c1-25-15-9-12(10-16(26-2)17(15)27-3)22-19-20-7-6-14(23-19)18(24)21-11-13-5-4-8-28-13/h6-7,9-10,13H,4-5,8,11H2,1-3H3,(H,21,24)(H,20,22,23). The molecule has 1 atom stereocenters. The van der Waals surface area contributed by atoms with Crippen LogP contribution in [0.3, 0.4) is 0 Å². The van der Waals surface area contributed by atoms with E-state index in [2.05, 4.69) is 20.6 Å². The predicted octanol–water partition coefficient (Wildman–Crippen LogP) is 2.15. The second-order valence-electron chi connectivity index (χ2n) is 6.15. The van der Waals surface area contributed by atoms with E-state index in [0.29, 0.717) is 29.5 Å². The highest BCUT2D eigenvalue weighted by molar-refractivity contribution is 5.92.